The van der Waals surface area contributed by atoms with Gasteiger partial charge < -0.3 is 4.74 Å². The first-order chi connectivity index (χ1) is 11.5. The number of fused-ring (bicyclic) bond motifs is 2. The van der Waals surface area contributed by atoms with Gasteiger partial charge in [0.2, 0.25) is 10.0 Å². The molecule has 2 unspecified atom stereocenters. The molecule has 0 aromatic heterocycles. The molecule has 1 spiro atoms. The van der Waals surface area contributed by atoms with Gasteiger partial charge >= 0.3 is 0 Å². The van der Waals surface area contributed by atoms with E-state index in [-0.39, 0.29) is 22.1 Å². The van der Waals surface area contributed by atoms with Crippen LogP contribution in [-0.4, -0.2) is 44.3 Å². The zero-order chi connectivity index (χ0) is 16.9. The van der Waals surface area contributed by atoms with Gasteiger partial charge in [-0.3, -0.25) is 4.79 Å². The van der Waals surface area contributed by atoms with E-state index in [9.17, 15) is 13.2 Å². The average Bonchev–Trinajstić information content (AvgIpc) is 3.14. The Morgan fingerprint density at radius 1 is 1.33 bits per heavy atom. The van der Waals surface area contributed by atoms with E-state index in [1.165, 1.54) is 12.5 Å². The van der Waals surface area contributed by atoms with E-state index >= 15 is 0 Å². The van der Waals surface area contributed by atoms with Crippen molar-refractivity contribution in [3.63, 3.8) is 0 Å². The fourth-order valence-corrected chi connectivity index (χ4v) is 6.34. The monoisotopic (exact) mass is 349 g/mol. The van der Waals surface area contributed by atoms with E-state index < -0.39 is 10.0 Å². The third-order valence-corrected chi connectivity index (χ3v) is 7.98. The molecule has 0 radical (unpaired) electrons. The second kappa shape index (κ2) is 5.64. The number of carbonyl (C=O) groups excluding carboxylic acids is 1. The third-order valence-electron chi connectivity index (χ3n) is 6.11. The van der Waals surface area contributed by atoms with Crippen molar-refractivity contribution in [1.82, 2.24) is 4.31 Å². The Labute approximate surface area is 143 Å². The molecule has 1 aromatic carbocycles. The van der Waals surface area contributed by atoms with E-state index in [0.29, 0.717) is 37.7 Å². The first-order valence-electron chi connectivity index (χ1n) is 8.71. The lowest BCUT2D eigenvalue weighted by atomic mass is 9.62. The van der Waals surface area contributed by atoms with Crippen LogP contribution in [0.1, 0.15) is 43.0 Å². The lowest BCUT2D eigenvalue weighted by Crippen LogP contribution is -2.39. The summed E-state index contributed by atoms with van der Waals surface area (Å²) in [4.78, 5) is 12.2. The van der Waals surface area contributed by atoms with Crippen molar-refractivity contribution in [1.29, 1.82) is 0 Å². The second-order valence-corrected chi connectivity index (χ2v) is 9.17. The summed E-state index contributed by atoms with van der Waals surface area (Å²) in [5.74, 6) is 0.285. The quantitative estimate of drug-likeness (QED) is 0.784. The minimum absolute atomic E-state index is 0.0361. The number of rotatable bonds is 4. The molecule has 3 aliphatic rings. The molecule has 6 heteroatoms. The van der Waals surface area contributed by atoms with E-state index in [1.54, 1.807) is 29.4 Å². The van der Waals surface area contributed by atoms with Gasteiger partial charge in [-0.1, -0.05) is 25.5 Å². The van der Waals surface area contributed by atoms with Crippen LogP contribution in [0.15, 0.2) is 29.2 Å². The standard InChI is InChI=1S/C18H23NO4S/c1-2-17(20)13-5-3-6-14(9-13)24(21,22)19-12-18(7-4-8-18)15-10-23-11-16(15)19/h3,5-6,9,15-16H,2,4,7-8,10-12H2,1H3. The average molecular weight is 349 g/mol. The van der Waals surface area contributed by atoms with Gasteiger partial charge in [-0.15, -0.1) is 0 Å². The first kappa shape index (κ1) is 16.2. The van der Waals surface area contributed by atoms with Crippen LogP contribution in [0.5, 0.6) is 0 Å². The van der Waals surface area contributed by atoms with E-state index in [1.807, 2.05) is 0 Å². The third kappa shape index (κ3) is 2.27. The van der Waals surface area contributed by atoms with Crippen LogP contribution in [0.3, 0.4) is 0 Å². The summed E-state index contributed by atoms with van der Waals surface area (Å²) in [5, 5.41) is 0. The second-order valence-electron chi connectivity index (χ2n) is 7.28. The van der Waals surface area contributed by atoms with Crippen molar-refractivity contribution >= 4 is 15.8 Å². The first-order valence-corrected chi connectivity index (χ1v) is 10.1. The van der Waals surface area contributed by atoms with Crippen molar-refractivity contribution in [2.75, 3.05) is 19.8 Å². The number of nitrogens with zero attached hydrogens (tertiary/aromatic N) is 1. The van der Waals surface area contributed by atoms with Gasteiger partial charge in [0.15, 0.2) is 5.78 Å². The number of Topliss-reactive ketones (excluding diaryl/α,β-unsaturated/α-hetero) is 1. The highest BCUT2D eigenvalue weighted by molar-refractivity contribution is 7.89. The molecule has 2 heterocycles. The minimum Gasteiger partial charge on any atom is -0.379 e. The Bertz CT molecular complexity index is 769. The summed E-state index contributed by atoms with van der Waals surface area (Å²) >= 11 is 0. The molecular formula is C18H23NO4S. The Hall–Kier alpha value is -1.24. The predicted molar refractivity (Wildman–Crippen MR) is 89.3 cm³/mol. The molecule has 0 amide bonds. The van der Waals surface area contributed by atoms with Crippen molar-refractivity contribution in [2.24, 2.45) is 11.3 Å². The van der Waals surface area contributed by atoms with Gasteiger partial charge in [0, 0.05) is 24.4 Å². The maximum Gasteiger partial charge on any atom is 0.243 e. The topological polar surface area (TPSA) is 63.7 Å². The number of hydrogen-bond donors (Lipinski definition) is 0. The van der Waals surface area contributed by atoms with Crippen LogP contribution in [0.2, 0.25) is 0 Å². The molecule has 1 saturated carbocycles. The Morgan fingerprint density at radius 3 is 2.79 bits per heavy atom. The van der Waals surface area contributed by atoms with Gasteiger partial charge in [-0.05, 0) is 30.4 Å². The summed E-state index contributed by atoms with van der Waals surface area (Å²) in [6.07, 6.45) is 3.74. The Balaban J connectivity index is 1.69. The fourth-order valence-electron chi connectivity index (χ4n) is 4.55. The number of benzene rings is 1. The molecular weight excluding hydrogens is 326 g/mol. The van der Waals surface area contributed by atoms with Gasteiger partial charge in [-0.25, -0.2) is 8.42 Å². The summed E-state index contributed by atoms with van der Waals surface area (Å²) in [7, 11) is -3.60. The van der Waals surface area contributed by atoms with E-state index in [0.717, 1.165) is 12.8 Å². The number of hydrogen-bond acceptors (Lipinski definition) is 4. The van der Waals surface area contributed by atoms with Crippen LogP contribution in [0, 0.1) is 11.3 Å². The number of ether oxygens (including phenoxy) is 1. The molecule has 0 bridgehead atoms. The zero-order valence-corrected chi connectivity index (χ0v) is 14.7. The van der Waals surface area contributed by atoms with Crippen LogP contribution in [0.4, 0.5) is 0 Å². The van der Waals surface area contributed by atoms with Crippen LogP contribution < -0.4 is 0 Å². The van der Waals surface area contributed by atoms with Crippen molar-refractivity contribution in [3.8, 4) is 0 Å². The molecule has 2 saturated heterocycles. The van der Waals surface area contributed by atoms with Gasteiger partial charge in [0.25, 0.3) is 0 Å². The Morgan fingerprint density at radius 2 is 2.12 bits per heavy atom. The summed E-state index contributed by atoms with van der Waals surface area (Å²) in [5.41, 5.74) is 0.584. The molecule has 1 aliphatic carbocycles. The molecule has 0 N–H and O–H groups in total. The number of carbonyl (C=O) groups is 1. The molecule has 2 aliphatic heterocycles. The highest BCUT2D eigenvalue weighted by Gasteiger charge is 2.60. The molecule has 2 atom stereocenters. The van der Waals surface area contributed by atoms with E-state index in [4.69, 9.17) is 4.74 Å². The lowest BCUT2D eigenvalue weighted by Gasteiger charge is -2.42. The number of sulfonamides is 1. The van der Waals surface area contributed by atoms with Crippen molar-refractivity contribution in [3.05, 3.63) is 29.8 Å². The molecule has 3 fully saturated rings. The summed E-state index contributed by atoms with van der Waals surface area (Å²) < 4.78 is 33.7. The maximum atomic E-state index is 13.2. The van der Waals surface area contributed by atoms with Gasteiger partial charge in [-0.2, -0.15) is 4.31 Å². The molecule has 1 aromatic rings. The summed E-state index contributed by atoms with van der Waals surface area (Å²) in [6.45, 7) is 3.54. The molecule has 130 valence electrons. The summed E-state index contributed by atoms with van der Waals surface area (Å²) in [6, 6.07) is 6.41. The predicted octanol–water partition coefficient (Wildman–Crippen LogP) is 2.47. The lowest BCUT2D eigenvalue weighted by molar-refractivity contribution is 0.0601. The highest BCUT2D eigenvalue weighted by atomic mass is 32.2. The SMILES string of the molecule is CCC(=O)c1cccc(S(=O)(=O)N2CC3(CCC3)C3COCC32)c1. The Kier molecular flexibility index (Phi) is 3.82. The van der Waals surface area contributed by atoms with Crippen molar-refractivity contribution < 1.29 is 17.9 Å². The van der Waals surface area contributed by atoms with Crippen LogP contribution in [-0.2, 0) is 14.8 Å². The van der Waals surface area contributed by atoms with Gasteiger partial charge in [0.05, 0.1) is 24.2 Å². The fraction of sp³-hybridized carbons (Fsp3) is 0.611. The van der Waals surface area contributed by atoms with Crippen molar-refractivity contribution in [2.45, 2.75) is 43.5 Å². The zero-order valence-electron chi connectivity index (χ0n) is 13.9. The number of ketones is 1. The van der Waals surface area contributed by atoms with Crippen LogP contribution in [0.25, 0.3) is 0 Å². The molecule has 4 rings (SSSR count). The van der Waals surface area contributed by atoms with Gasteiger partial charge in [0.1, 0.15) is 0 Å². The van der Waals surface area contributed by atoms with E-state index in [2.05, 4.69) is 0 Å². The highest BCUT2D eigenvalue weighted by Crippen LogP contribution is 2.56. The normalized spacial score (nSPS) is 28.7. The largest absolute Gasteiger partial charge is 0.379 e. The minimum atomic E-state index is -3.60. The maximum absolute atomic E-state index is 13.2. The molecule has 5 nitrogen and oxygen atoms in total. The smallest absolute Gasteiger partial charge is 0.243 e. The molecule has 24 heavy (non-hydrogen) atoms. The van der Waals surface area contributed by atoms with Crippen LogP contribution >= 0.6 is 0 Å².